The van der Waals surface area contributed by atoms with Crippen molar-refractivity contribution in [1.29, 1.82) is 0 Å². The Labute approximate surface area is 158 Å². The Morgan fingerprint density at radius 2 is 1.76 bits per heavy atom. The minimum atomic E-state index is 0.00869. The Morgan fingerprint density at radius 1 is 1.16 bits per heavy atom. The highest BCUT2D eigenvalue weighted by Crippen LogP contribution is 2.22. The monoisotopic (exact) mass is 409 g/mol. The highest BCUT2D eigenvalue weighted by Gasteiger charge is 2.27. The zero-order valence-electron chi connectivity index (χ0n) is 15.1. The number of anilines is 1. The molecule has 0 bridgehead atoms. The lowest BCUT2D eigenvalue weighted by Crippen LogP contribution is -2.49. The summed E-state index contributed by atoms with van der Waals surface area (Å²) in [5.41, 5.74) is 0.839. The van der Waals surface area contributed by atoms with E-state index >= 15 is 0 Å². The van der Waals surface area contributed by atoms with Gasteiger partial charge in [-0.25, -0.2) is 4.79 Å². The molecule has 2 aliphatic heterocycles. The molecule has 25 heavy (non-hydrogen) atoms. The maximum absolute atomic E-state index is 12.4. The van der Waals surface area contributed by atoms with Gasteiger partial charge in [-0.05, 0) is 56.9 Å². The summed E-state index contributed by atoms with van der Waals surface area (Å²) >= 11 is 3.41. The smallest absolute Gasteiger partial charge is 0.321 e. The molecule has 2 amide bonds. The number of morpholine rings is 1. The molecular formula is C19H28BrN3O2. The van der Waals surface area contributed by atoms with Gasteiger partial charge in [0, 0.05) is 42.9 Å². The van der Waals surface area contributed by atoms with Crippen LogP contribution in [0.15, 0.2) is 28.7 Å². The van der Waals surface area contributed by atoms with E-state index in [1.54, 1.807) is 0 Å². The Hall–Kier alpha value is -1.11. The zero-order valence-corrected chi connectivity index (χ0v) is 16.7. The predicted octanol–water partition coefficient (Wildman–Crippen LogP) is 3.80. The second-order valence-corrected chi connectivity index (χ2v) is 8.26. The molecule has 2 atom stereocenters. The number of hydrogen-bond donors (Lipinski definition) is 1. The van der Waals surface area contributed by atoms with Crippen LogP contribution in [0.25, 0.3) is 0 Å². The van der Waals surface area contributed by atoms with Crippen molar-refractivity contribution in [1.82, 2.24) is 9.80 Å². The van der Waals surface area contributed by atoms with Gasteiger partial charge < -0.3 is 15.0 Å². The van der Waals surface area contributed by atoms with Crippen molar-refractivity contribution in [3.05, 3.63) is 28.7 Å². The molecule has 1 aromatic carbocycles. The van der Waals surface area contributed by atoms with Gasteiger partial charge in [-0.3, -0.25) is 4.90 Å². The molecule has 3 rings (SSSR count). The number of carbonyl (C=O) groups is 1. The summed E-state index contributed by atoms with van der Waals surface area (Å²) in [7, 11) is 0. The lowest BCUT2D eigenvalue weighted by atomic mass is 9.96. The Bertz CT molecular complexity index is 563. The number of piperidine rings is 1. The number of carbonyl (C=O) groups excluding carboxylic acids is 1. The third kappa shape index (κ3) is 5.43. The number of likely N-dealkylation sites (tertiary alicyclic amines) is 1. The molecule has 2 unspecified atom stereocenters. The number of rotatable bonds is 3. The van der Waals surface area contributed by atoms with E-state index in [0.29, 0.717) is 18.1 Å². The minimum absolute atomic E-state index is 0.00869. The van der Waals surface area contributed by atoms with Crippen LogP contribution in [0, 0.1) is 5.92 Å². The largest absolute Gasteiger partial charge is 0.373 e. The van der Waals surface area contributed by atoms with Gasteiger partial charge in [0.1, 0.15) is 0 Å². The van der Waals surface area contributed by atoms with E-state index in [4.69, 9.17) is 4.74 Å². The molecular weight excluding hydrogens is 382 g/mol. The maximum atomic E-state index is 12.4. The van der Waals surface area contributed by atoms with Crippen molar-refractivity contribution in [3.63, 3.8) is 0 Å². The molecule has 5 nitrogen and oxygen atoms in total. The highest BCUT2D eigenvalue weighted by atomic mass is 79.9. The SMILES string of the molecule is CC1CN(CC2CCN(C(=O)Nc3ccc(Br)cc3)CC2)CC(C)O1. The first-order valence-corrected chi connectivity index (χ1v) is 9.98. The number of urea groups is 1. The predicted molar refractivity (Wildman–Crippen MR) is 104 cm³/mol. The molecule has 0 aromatic heterocycles. The van der Waals surface area contributed by atoms with Crippen LogP contribution in [-0.2, 0) is 4.74 Å². The number of benzene rings is 1. The van der Waals surface area contributed by atoms with Crippen LogP contribution >= 0.6 is 15.9 Å². The summed E-state index contributed by atoms with van der Waals surface area (Å²) in [4.78, 5) is 16.9. The van der Waals surface area contributed by atoms with E-state index in [2.05, 4.69) is 40.0 Å². The molecule has 0 saturated carbocycles. The topological polar surface area (TPSA) is 44.8 Å². The number of halogens is 1. The Balaban J connectivity index is 1.43. The average Bonchev–Trinajstić information content (AvgIpc) is 2.56. The van der Waals surface area contributed by atoms with Crippen LogP contribution in [0.3, 0.4) is 0 Å². The van der Waals surface area contributed by atoms with Gasteiger partial charge >= 0.3 is 6.03 Å². The third-order valence-corrected chi connectivity index (χ3v) is 5.54. The molecule has 1 N–H and O–H groups in total. The molecule has 2 fully saturated rings. The van der Waals surface area contributed by atoms with Gasteiger partial charge in [0.05, 0.1) is 12.2 Å². The molecule has 2 heterocycles. The van der Waals surface area contributed by atoms with Crippen molar-refractivity contribution >= 4 is 27.6 Å². The normalized spacial score (nSPS) is 25.8. The van der Waals surface area contributed by atoms with Crippen molar-refractivity contribution in [3.8, 4) is 0 Å². The first-order valence-electron chi connectivity index (χ1n) is 9.19. The lowest BCUT2D eigenvalue weighted by molar-refractivity contribution is -0.0728. The minimum Gasteiger partial charge on any atom is -0.373 e. The third-order valence-electron chi connectivity index (χ3n) is 5.01. The van der Waals surface area contributed by atoms with Crippen LogP contribution in [0.2, 0.25) is 0 Å². The molecule has 138 valence electrons. The number of ether oxygens (including phenoxy) is 1. The highest BCUT2D eigenvalue weighted by molar-refractivity contribution is 9.10. The van der Waals surface area contributed by atoms with Crippen molar-refractivity contribution in [2.24, 2.45) is 5.92 Å². The van der Waals surface area contributed by atoms with Crippen LogP contribution in [0.4, 0.5) is 10.5 Å². The van der Waals surface area contributed by atoms with Crippen molar-refractivity contribution in [2.75, 3.05) is 38.0 Å². The van der Waals surface area contributed by atoms with E-state index in [9.17, 15) is 4.79 Å². The van der Waals surface area contributed by atoms with Crippen LogP contribution < -0.4 is 5.32 Å². The molecule has 0 spiro atoms. The fourth-order valence-corrected chi connectivity index (χ4v) is 4.12. The molecule has 0 aliphatic carbocycles. The van der Waals surface area contributed by atoms with Gasteiger partial charge in [-0.1, -0.05) is 15.9 Å². The average molecular weight is 410 g/mol. The second kappa shape index (κ2) is 8.52. The van der Waals surface area contributed by atoms with Gasteiger partial charge in [-0.2, -0.15) is 0 Å². The number of nitrogens with zero attached hydrogens (tertiary/aromatic N) is 2. The van der Waals surface area contributed by atoms with Gasteiger partial charge in [0.25, 0.3) is 0 Å². The molecule has 0 radical (unpaired) electrons. The first kappa shape index (κ1) is 18.7. The van der Waals surface area contributed by atoms with Crippen LogP contribution in [0.5, 0.6) is 0 Å². The summed E-state index contributed by atoms with van der Waals surface area (Å²) < 4.78 is 6.82. The van der Waals surface area contributed by atoms with Crippen molar-refractivity contribution < 1.29 is 9.53 Å². The molecule has 2 aliphatic rings. The second-order valence-electron chi connectivity index (χ2n) is 7.34. The lowest BCUT2D eigenvalue weighted by Gasteiger charge is -2.39. The fourth-order valence-electron chi connectivity index (χ4n) is 3.85. The van der Waals surface area contributed by atoms with Crippen molar-refractivity contribution in [2.45, 2.75) is 38.9 Å². The summed E-state index contributed by atoms with van der Waals surface area (Å²) in [6, 6.07) is 7.71. The standard InChI is InChI=1S/C19H28BrN3O2/c1-14-11-22(12-15(2)25-14)13-16-7-9-23(10-8-16)19(24)21-18-5-3-17(20)4-6-18/h3-6,14-16H,7-13H2,1-2H3,(H,21,24). The van der Waals surface area contributed by atoms with E-state index in [1.807, 2.05) is 29.2 Å². The van der Waals surface area contributed by atoms with Gasteiger partial charge in [-0.15, -0.1) is 0 Å². The molecule has 1 aromatic rings. The quantitative estimate of drug-likeness (QED) is 0.825. The first-order chi connectivity index (χ1) is 12.0. The van der Waals surface area contributed by atoms with Gasteiger partial charge in [0.2, 0.25) is 0 Å². The molecule has 6 heteroatoms. The van der Waals surface area contributed by atoms with E-state index in [-0.39, 0.29) is 6.03 Å². The van der Waals surface area contributed by atoms with E-state index < -0.39 is 0 Å². The zero-order chi connectivity index (χ0) is 17.8. The fraction of sp³-hybridized carbons (Fsp3) is 0.632. The van der Waals surface area contributed by atoms with Crippen LogP contribution in [0.1, 0.15) is 26.7 Å². The van der Waals surface area contributed by atoms with E-state index in [0.717, 1.165) is 55.7 Å². The van der Waals surface area contributed by atoms with Gasteiger partial charge in [0.15, 0.2) is 0 Å². The van der Waals surface area contributed by atoms with Crippen LogP contribution in [-0.4, -0.2) is 60.8 Å². The number of hydrogen-bond acceptors (Lipinski definition) is 3. The maximum Gasteiger partial charge on any atom is 0.321 e. The Kier molecular flexibility index (Phi) is 6.36. The summed E-state index contributed by atoms with van der Waals surface area (Å²) in [5, 5.41) is 2.99. The summed E-state index contributed by atoms with van der Waals surface area (Å²) in [6.45, 7) is 9.14. The Morgan fingerprint density at radius 3 is 2.36 bits per heavy atom. The van der Waals surface area contributed by atoms with E-state index in [1.165, 1.54) is 0 Å². The number of amides is 2. The summed E-state index contributed by atoms with van der Waals surface area (Å²) in [5.74, 6) is 0.675. The summed E-state index contributed by atoms with van der Waals surface area (Å²) in [6.07, 6.45) is 2.79. The molecule has 2 saturated heterocycles. The number of nitrogens with one attached hydrogen (secondary N) is 1.